The molecule has 0 spiro atoms. The fourth-order valence-corrected chi connectivity index (χ4v) is 3.62. The Labute approximate surface area is 137 Å². The fourth-order valence-electron chi connectivity index (χ4n) is 3.62. The van der Waals surface area contributed by atoms with Gasteiger partial charge in [0, 0.05) is 24.0 Å². The number of fused-ring (bicyclic) bond motifs is 2. The molecule has 0 aromatic heterocycles. The number of benzene rings is 1. The summed E-state index contributed by atoms with van der Waals surface area (Å²) >= 11 is 0. The van der Waals surface area contributed by atoms with Gasteiger partial charge in [-0.15, -0.1) is 0 Å². The number of hydrogen-bond donors (Lipinski definition) is 1. The summed E-state index contributed by atoms with van der Waals surface area (Å²) in [5.41, 5.74) is -0.0593. The summed E-state index contributed by atoms with van der Waals surface area (Å²) in [7, 11) is 1.38. The van der Waals surface area contributed by atoms with Crippen molar-refractivity contribution in [2.75, 3.05) is 12.4 Å². The summed E-state index contributed by atoms with van der Waals surface area (Å²) < 4.78 is 5.10. The molecule has 0 heterocycles. The Morgan fingerprint density at radius 2 is 1.92 bits per heavy atom. The van der Waals surface area contributed by atoms with Gasteiger partial charge in [0.15, 0.2) is 0 Å². The SMILES string of the molecule is COc1ccc([N+](=O)[O-])cc1NC(=O)[C@H]1[C@@H](C(=O)[O-])[C@H]2C=C[C@H]1C2. The number of carbonyl (C=O) groups is 2. The quantitative estimate of drug-likeness (QED) is 0.482. The highest BCUT2D eigenvalue weighted by Gasteiger charge is 2.48. The number of carboxylic acids is 1. The van der Waals surface area contributed by atoms with Crippen LogP contribution in [0.1, 0.15) is 6.42 Å². The summed E-state index contributed by atoms with van der Waals surface area (Å²) in [6.45, 7) is 0. The van der Waals surface area contributed by atoms with Gasteiger partial charge in [0.1, 0.15) is 5.75 Å². The summed E-state index contributed by atoms with van der Waals surface area (Å²) in [5, 5.41) is 24.9. The van der Waals surface area contributed by atoms with Crippen molar-refractivity contribution in [3.63, 3.8) is 0 Å². The van der Waals surface area contributed by atoms with Crippen molar-refractivity contribution >= 4 is 23.3 Å². The topological polar surface area (TPSA) is 122 Å². The average Bonchev–Trinajstić information content (AvgIpc) is 3.15. The highest BCUT2D eigenvalue weighted by atomic mass is 16.6. The zero-order chi connectivity index (χ0) is 17.4. The minimum Gasteiger partial charge on any atom is -0.550 e. The standard InChI is InChI=1S/C16H16N2O6/c1-24-12-5-4-10(18(22)23)7-11(12)17-15(19)13-8-2-3-9(6-8)14(13)16(20)21/h2-5,7-9,13-14H,6H2,1H3,(H,17,19)(H,20,21)/p-1/t8-,9-,13+,14-/m0/s1. The minimum atomic E-state index is -1.25. The van der Waals surface area contributed by atoms with Crippen molar-refractivity contribution in [2.24, 2.45) is 23.7 Å². The van der Waals surface area contributed by atoms with Gasteiger partial charge in [0.2, 0.25) is 5.91 Å². The molecule has 2 aliphatic rings. The van der Waals surface area contributed by atoms with Crippen molar-refractivity contribution in [3.05, 3.63) is 40.5 Å². The van der Waals surface area contributed by atoms with Crippen LogP contribution in [0.25, 0.3) is 0 Å². The molecular formula is C16H15N2O6-. The predicted octanol–water partition coefficient (Wildman–Crippen LogP) is 0.730. The first-order valence-electron chi connectivity index (χ1n) is 7.45. The number of carboxylic acid groups (broad SMARTS) is 1. The third-order valence-corrected chi connectivity index (χ3v) is 4.69. The number of non-ortho nitro benzene ring substituents is 1. The Balaban J connectivity index is 1.87. The molecule has 0 unspecified atom stereocenters. The fraction of sp³-hybridized carbons (Fsp3) is 0.375. The third kappa shape index (κ3) is 2.60. The van der Waals surface area contributed by atoms with Crippen LogP contribution < -0.4 is 15.2 Å². The van der Waals surface area contributed by atoms with E-state index in [0.29, 0.717) is 6.42 Å². The predicted molar refractivity (Wildman–Crippen MR) is 81.0 cm³/mol. The zero-order valence-corrected chi connectivity index (χ0v) is 12.8. The maximum atomic E-state index is 12.6. The van der Waals surface area contributed by atoms with Gasteiger partial charge in [-0.05, 0) is 24.3 Å². The van der Waals surface area contributed by atoms with Gasteiger partial charge < -0.3 is 20.0 Å². The van der Waals surface area contributed by atoms with E-state index < -0.39 is 28.6 Å². The van der Waals surface area contributed by atoms with Crippen LogP contribution in [-0.2, 0) is 9.59 Å². The Bertz CT molecular complexity index is 744. The summed E-state index contributed by atoms with van der Waals surface area (Å²) in [4.78, 5) is 34.3. The molecule has 8 nitrogen and oxygen atoms in total. The van der Waals surface area contributed by atoms with Gasteiger partial charge in [-0.2, -0.15) is 0 Å². The van der Waals surface area contributed by atoms with Gasteiger partial charge in [0.05, 0.1) is 23.6 Å². The van der Waals surface area contributed by atoms with Crippen molar-refractivity contribution in [2.45, 2.75) is 6.42 Å². The van der Waals surface area contributed by atoms with Gasteiger partial charge in [-0.25, -0.2) is 0 Å². The molecule has 1 fully saturated rings. The number of nitrogens with one attached hydrogen (secondary N) is 1. The molecular weight excluding hydrogens is 316 g/mol. The van der Waals surface area contributed by atoms with Crippen molar-refractivity contribution in [1.29, 1.82) is 0 Å². The molecule has 0 aliphatic heterocycles. The molecule has 2 bridgehead atoms. The second kappa shape index (κ2) is 5.95. The lowest BCUT2D eigenvalue weighted by molar-refractivity contribution is -0.384. The van der Waals surface area contributed by atoms with Crippen molar-refractivity contribution < 1.29 is 24.4 Å². The number of nitro benzene ring substituents is 1. The van der Waals surface area contributed by atoms with Crippen LogP contribution >= 0.6 is 0 Å². The molecule has 24 heavy (non-hydrogen) atoms. The Hall–Kier alpha value is -2.90. The molecule has 126 valence electrons. The van der Waals surface area contributed by atoms with E-state index >= 15 is 0 Å². The van der Waals surface area contributed by atoms with Gasteiger partial charge >= 0.3 is 0 Å². The maximum absolute atomic E-state index is 12.6. The summed E-state index contributed by atoms with van der Waals surface area (Å²) in [6, 6.07) is 3.83. The molecule has 4 atom stereocenters. The molecule has 1 aromatic carbocycles. The lowest BCUT2D eigenvalue weighted by Gasteiger charge is -2.28. The number of carbonyl (C=O) groups excluding carboxylic acids is 2. The monoisotopic (exact) mass is 331 g/mol. The van der Waals surface area contributed by atoms with Crippen LogP contribution in [0.4, 0.5) is 11.4 Å². The molecule has 0 saturated heterocycles. The Morgan fingerprint density at radius 3 is 2.50 bits per heavy atom. The zero-order valence-electron chi connectivity index (χ0n) is 12.8. The highest BCUT2D eigenvalue weighted by molar-refractivity contribution is 5.97. The normalized spacial score (nSPS) is 27.0. The second-order valence-electron chi connectivity index (χ2n) is 5.95. The smallest absolute Gasteiger partial charge is 0.271 e. The van der Waals surface area contributed by atoms with E-state index in [1.165, 1.54) is 25.3 Å². The molecule has 1 N–H and O–H groups in total. The van der Waals surface area contributed by atoms with Gasteiger partial charge in [0.25, 0.3) is 5.69 Å². The number of methoxy groups -OCH3 is 1. The maximum Gasteiger partial charge on any atom is 0.271 e. The number of nitrogens with zero attached hydrogens (tertiary/aromatic N) is 1. The average molecular weight is 331 g/mol. The number of aliphatic carboxylic acids is 1. The highest BCUT2D eigenvalue weighted by Crippen LogP contribution is 2.48. The van der Waals surface area contributed by atoms with E-state index in [9.17, 15) is 24.8 Å². The van der Waals surface area contributed by atoms with Crippen molar-refractivity contribution in [3.8, 4) is 5.75 Å². The van der Waals surface area contributed by atoms with E-state index in [1.807, 2.05) is 12.2 Å². The van der Waals surface area contributed by atoms with Crippen LogP contribution in [0.3, 0.4) is 0 Å². The number of hydrogen-bond acceptors (Lipinski definition) is 6. The lowest BCUT2D eigenvalue weighted by atomic mass is 9.82. The van der Waals surface area contributed by atoms with E-state index in [2.05, 4.69) is 5.32 Å². The number of anilines is 1. The summed E-state index contributed by atoms with van der Waals surface area (Å²) in [5.74, 6) is -3.50. The van der Waals surface area contributed by atoms with Crippen LogP contribution in [0, 0.1) is 33.8 Å². The Morgan fingerprint density at radius 1 is 1.25 bits per heavy atom. The first kappa shape index (κ1) is 16.0. The molecule has 1 aromatic rings. The van der Waals surface area contributed by atoms with E-state index in [0.717, 1.165) is 0 Å². The molecule has 3 rings (SSSR count). The Kier molecular flexibility index (Phi) is 3.96. The second-order valence-corrected chi connectivity index (χ2v) is 5.95. The molecule has 8 heteroatoms. The first-order valence-corrected chi connectivity index (χ1v) is 7.45. The van der Waals surface area contributed by atoms with Crippen molar-refractivity contribution in [1.82, 2.24) is 0 Å². The lowest BCUT2D eigenvalue weighted by Crippen LogP contribution is -2.42. The third-order valence-electron chi connectivity index (χ3n) is 4.69. The number of rotatable bonds is 5. The minimum absolute atomic E-state index is 0.139. The summed E-state index contributed by atoms with van der Waals surface area (Å²) in [6.07, 6.45) is 4.25. The molecule has 0 radical (unpaired) electrons. The van der Waals surface area contributed by atoms with E-state index in [-0.39, 0.29) is 29.0 Å². The molecule has 1 saturated carbocycles. The van der Waals surface area contributed by atoms with Crippen LogP contribution in [-0.4, -0.2) is 23.9 Å². The molecule has 2 aliphatic carbocycles. The van der Waals surface area contributed by atoms with Crippen LogP contribution in [0.15, 0.2) is 30.4 Å². The number of nitro groups is 1. The number of amides is 1. The molecule has 1 amide bonds. The number of allylic oxidation sites excluding steroid dienone is 2. The van der Waals surface area contributed by atoms with E-state index in [1.54, 1.807) is 0 Å². The van der Waals surface area contributed by atoms with Crippen LogP contribution in [0.5, 0.6) is 5.75 Å². The van der Waals surface area contributed by atoms with Crippen LogP contribution in [0.2, 0.25) is 0 Å². The van der Waals surface area contributed by atoms with E-state index in [4.69, 9.17) is 4.74 Å². The number of ether oxygens (including phenoxy) is 1. The van der Waals surface area contributed by atoms with Gasteiger partial charge in [-0.3, -0.25) is 14.9 Å². The first-order chi connectivity index (χ1) is 11.4. The van der Waals surface area contributed by atoms with Gasteiger partial charge in [-0.1, -0.05) is 12.2 Å². The largest absolute Gasteiger partial charge is 0.550 e.